The van der Waals surface area contributed by atoms with Crippen molar-refractivity contribution in [3.8, 4) is 0 Å². The molecule has 0 aromatic carbocycles. The summed E-state index contributed by atoms with van der Waals surface area (Å²) in [7, 11) is 0. The van der Waals surface area contributed by atoms with Crippen molar-refractivity contribution in [2.45, 2.75) is 38.6 Å². The molecule has 0 radical (unpaired) electrons. The van der Waals surface area contributed by atoms with Gasteiger partial charge in [-0.2, -0.15) is 0 Å². The maximum Gasteiger partial charge on any atom is 0.220 e. The molecule has 1 atom stereocenters. The highest BCUT2D eigenvalue weighted by Crippen LogP contribution is 2.04. The van der Waals surface area contributed by atoms with Crippen molar-refractivity contribution in [2.75, 3.05) is 6.54 Å². The summed E-state index contributed by atoms with van der Waals surface area (Å²) < 4.78 is 5.16. The van der Waals surface area contributed by atoms with Gasteiger partial charge in [-0.05, 0) is 18.6 Å². The fourth-order valence-corrected chi connectivity index (χ4v) is 1.59. The first-order chi connectivity index (χ1) is 7.76. The summed E-state index contributed by atoms with van der Waals surface area (Å²) in [6.07, 6.45) is 4.67. The van der Waals surface area contributed by atoms with E-state index in [0.717, 1.165) is 18.6 Å². The highest BCUT2D eigenvalue weighted by molar-refractivity contribution is 5.76. The fraction of sp³-hybridized carbons (Fsp3) is 0.583. The lowest BCUT2D eigenvalue weighted by molar-refractivity contribution is -0.121. The summed E-state index contributed by atoms with van der Waals surface area (Å²) >= 11 is 0. The first-order valence-corrected chi connectivity index (χ1v) is 5.78. The lowest BCUT2D eigenvalue weighted by Gasteiger charge is -2.15. The van der Waals surface area contributed by atoms with Crippen molar-refractivity contribution in [3.05, 3.63) is 24.2 Å². The number of nitrogens with one attached hydrogen (secondary N) is 1. The van der Waals surface area contributed by atoms with Crippen LogP contribution in [-0.4, -0.2) is 18.5 Å². The van der Waals surface area contributed by atoms with Crippen LogP contribution in [0.1, 0.15) is 31.9 Å². The molecule has 1 rings (SSSR count). The van der Waals surface area contributed by atoms with Crippen molar-refractivity contribution in [3.63, 3.8) is 0 Å². The third-order valence-corrected chi connectivity index (χ3v) is 2.47. The number of rotatable bonds is 7. The minimum absolute atomic E-state index is 0.0419. The minimum atomic E-state index is 0.0419. The zero-order valence-electron chi connectivity index (χ0n) is 9.74. The molecular formula is C12H20N2O2. The van der Waals surface area contributed by atoms with Crippen LogP contribution in [0, 0.1) is 0 Å². The Labute approximate surface area is 96.2 Å². The predicted octanol–water partition coefficient (Wildman–Crippen LogP) is 1.46. The monoisotopic (exact) mass is 224 g/mol. The van der Waals surface area contributed by atoms with Crippen LogP contribution in [0.15, 0.2) is 22.8 Å². The van der Waals surface area contributed by atoms with Gasteiger partial charge in [-0.1, -0.05) is 13.3 Å². The Kier molecular flexibility index (Phi) is 5.64. The second-order valence-electron chi connectivity index (χ2n) is 3.87. The van der Waals surface area contributed by atoms with E-state index in [0.29, 0.717) is 19.4 Å². The Morgan fingerprint density at radius 1 is 1.62 bits per heavy atom. The van der Waals surface area contributed by atoms with Crippen molar-refractivity contribution in [2.24, 2.45) is 5.73 Å². The molecule has 0 aliphatic heterocycles. The summed E-state index contributed by atoms with van der Waals surface area (Å²) in [6.45, 7) is 2.58. The van der Waals surface area contributed by atoms with E-state index in [1.807, 2.05) is 12.1 Å². The highest BCUT2D eigenvalue weighted by atomic mass is 16.3. The molecule has 1 heterocycles. The molecule has 0 saturated carbocycles. The van der Waals surface area contributed by atoms with Gasteiger partial charge in [0.05, 0.1) is 6.26 Å². The van der Waals surface area contributed by atoms with Crippen LogP contribution in [0.25, 0.3) is 0 Å². The van der Waals surface area contributed by atoms with E-state index < -0.39 is 0 Å². The van der Waals surface area contributed by atoms with E-state index >= 15 is 0 Å². The molecule has 1 aromatic rings. The quantitative estimate of drug-likeness (QED) is 0.736. The third kappa shape index (κ3) is 4.49. The van der Waals surface area contributed by atoms with Crippen molar-refractivity contribution in [1.82, 2.24) is 5.32 Å². The summed E-state index contributed by atoms with van der Waals surface area (Å²) in [6, 6.07) is 3.81. The Morgan fingerprint density at radius 3 is 3.00 bits per heavy atom. The molecule has 0 spiro atoms. The normalized spacial score (nSPS) is 12.4. The Hall–Kier alpha value is -1.29. The van der Waals surface area contributed by atoms with Crippen molar-refractivity contribution < 1.29 is 9.21 Å². The van der Waals surface area contributed by atoms with Crippen LogP contribution >= 0.6 is 0 Å². The number of nitrogens with two attached hydrogens (primary N) is 1. The van der Waals surface area contributed by atoms with Crippen LogP contribution < -0.4 is 11.1 Å². The molecule has 0 fully saturated rings. The summed E-state index contributed by atoms with van der Waals surface area (Å²) in [5, 5.41) is 2.92. The number of hydrogen-bond acceptors (Lipinski definition) is 3. The highest BCUT2D eigenvalue weighted by Gasteiger charge is 2.09. The van der Waals surface area contributed by atoms with Crippen LogP contribution in [0.5, 0.6) is 0 Å². The van der Waals surface area contributed by atoms with Gasteiger partial charge in [0.25, 0.3) is 0 Å². The first kappa shape index (κ1) is 12.8. The Bertz CT molecular complexity index is 296. The summed E-state index contributed by atoms with van der Waals surface area (Å²) in [5.74, 6) is 0.884. The standard InChI is InChI=1S/C12H20N2O2/c1-2-4-10(9-13)14-12(15)7-6-11-5-3-8-16-11/h3,5,8,10H,2,4,6-7,9,13H2,1H3,(H,14,15). The lowest BCUT2D eigenvalue weighted by atomic mass is 10.1. The largest absolute Gasteiger partial charge is 0.469 e. The number of aryl methyl sites for hydroxylation is 1. The van der Waals surface area contributed by atoms with E-state index in [4.69, 9.17) is 10.2 Å². The van der Waals surface area contributed by atoms with Crippen molar-refractivity contribution >= 4 is 5.91 Å². The SMILES string of the molecule is CCCC(CN)NC(=O)CCc1ccco1. The second-order valence-corrected chi connectivity index (χ2v) is 3.87. The average Bonchev–Trinajstić information content (AvgIpc) is 2.78. The smallest absolute Gasteiger partial charge is 0.220 e. The molecule has 4 nitrogen and oxygen atoms in total. The van der Waals surface area contributed by atoms with Gasteiger partial charge in [0.2, 0.25) is 5.91 Å². The lowest BCUT2D eigenvalue weighted by Crippen LogP contribution is -2.40. The molecule has 0 saturated heterocycles. The molecule has 0 aliphatic rings. The zero-order valence-corrected chi connectivity index (χ0v) is 9.74. The van der Waals surface area contributed by atoms with E-state index in [9.17, 15) is 4.79 Å². The maximum atomic E-state index is 11.6. The Balaban J connectivity index is 2.24. The molecule has 90 valence electrons. The maximum absolute atomic E-state index is 11.6. The van der Waals surface area contributed by atoms with Gasteiger partial charge in [0.1, 0.15) is 5.76 Å². The van der Waals surface area contributed by atoms with Crippen LogP contribution in [0.4, 0.5) is 0 Å². The summed E-state index contributed by atoms with van der Waals surface area (Å²) in [5.41, 5.74) is 5.56. The van der Waals surface area contributed by atoms with Gasteiger partial charge in [-0.15, -0.1) is 0 Å². The molecule has 0 aliphatic carbocycles. The molecule has 3 N–H and O–H groups in total. The van der Waals surface area contributed by atoms with Crippen LogP contribution in [0.3, 0.4) is 0 Å². The molecule has 16 heavy (non-hydrogen) atoms. The van der Waals surface area contributed by atoms with Gasteiger partial charge in [0, 0.05) is 25.4 Å². The Morgan fingerprint density at radius 2 is 2.44 bits per heavy atom. The number of carbonyl (C=O) groups excluding carboxylic acids is 1. The van der Waals surface area contributed by atoms with Gasteiger partial charge in [-0.25, -0.2) is 0 Å². The molecule has 1 unspecified atom stereocenters. The molecule has 4 heteroatoms. The van der Waals surface area contributed by atoms with Gasteiger partial charge in [-0.3, -0.25) is 4.79 Å². The van der Waals surface area contributed by atoms with Crippen molar-refractivity contribution in [1.29, 1.82) is 0 Å². The van der Waals surface area contributed by atoms with E-state index in [1.54, 1.807) is 6.26 Å². The number of hydrogen-bond donors (Lipinski definition) is 2. The molecule has 0 bridgehead atoms. The topological polar surface area (TPSA) is 68.3 Å². The zero-order chi connectivity index (χ0) is 11.8. The van der Waals surface area contributed by atoms with Crippen LogP contribution in [0.2, 0.25) is 0 Å². The average molecular weight is 224 g/mol. The van der Waals surface area contributed by atoms with Gasteiger partial charge < -0.3 is 15.5 Å². The number of amides is 1. The number of furan rings is 1. The van der Waals surface area contributed by atoms with Crippen LogP contribution in [-0.2, 0) is 11.2 Å². The van der Waals surface area contributed by atoms with E-state index in [-0.39, 0.29) is 11.9 Å². The third-order valence-electron chi connectivity index (χ3n) is 2.47. The molecule has 1 amide bonds. The van der Waals surface area contributed by atoms with E-state index in [1.165, 1.54) is 0 Å². The number of carbonyl (C=O) groups is 1. The fourth-order valence-electron chi connectivity index (χ4n) is 1.59. The van der Waals surface area contributed by atoms with E-state index in [2.05, 4.69) is 12.2 Å². The predicted molar refractivity (Wildman–Crippen MR) is 62.9 cm³/mol. The van der Waals surface area contributed by atoms with Gasteiger partial charge >= 0.3 is 0 Å². The summed E-state index contributed by atoms with van der Waals surface area (Å²) in [4.78, 5) is 11.6. The molecule has 1 aromatic heterocycles. The van der Waals surface area contributed by atoms with Gasteiger partial charge in [0.15, 0.2) is 0 Å². The first-order valence-electron chi connectivity index (χ1n) is 5.78. The minimum Gasteiger partial charge on any atom is -0.469 e. The second kappa shape index (κ2) is 7.06. The molecular weight excluding hydrogens is 204 g/mol.